The lowest BCUT2D eigenvalue weighted by atomic mass is 10.0. The van der Waals surface area contributed by atoms with E-state index in [-0.39, 0.29) is 18.1 Å². The zero-order valence-corrected chi connectivity index (χ0v) is 18.5. The second-order valence-electron chi connectivity index (χ2n) is 7.71. The third-order valence-electron chi connectivity index (χ3n) is 5.21. The van der Waals surface area contributed by atoms with Crippen LogP contribution >= 0.6 is 0 Å². The van der Waals surface area contributed by atoms with Crippen molar-refractivity contribution in [3.8, 4) is 33.8 Å². The molecule has 0 spiro atoms. The molecule has 0 saturated carbocycles. The van der Waals surface area contributed by atoms with Gasteiger partial charge in [0.05, 0.1) is 23.4 Å². The van der Waals surface area contributed by atoms with Crippen LogP contribution in [0.2, 0.25) is 0 Å². The number of hydrogen-bond acceptors (Lipinski definition) is 6. The first kappa shape index (κ1) is 21.0. The number of furan rings is 1. The Morgan fingerprint density at radius 2 is 1.73 bits per heavy atom. The van der Waals surface area contributed by atoms with E-state index in [0.717, 1.165) is 5.56 Å². The fourth-order valence-electron chi connectivity index (χ4n) is 3.60. The molecule has 5 rings (SSSR count). The van der Waals surface area contributed by atoms with Gasteiger partial charge in [-0.25, -0.2) is 22.8 Å². The maximum atomic E-state index is 13.5. The molecule has 0 aliphatic carbocycles. The van der Waals surface area contributed by atoms with Gasteiger partial charge in [0.15, 0.2) is 0 Å². The maximum absolute atomic E-state index is 13.5. The van der Waals surface area contributed by atoms with Gasteiger partial charge in [-0.3, -0.25) is 4.68 Å². The minimum absolute atomic E-state index is 0.0555. The van der Waals surface area contributed by atoms with Crippen LogP contribution in [-0.4, -0.2) is 40.2 Å². The lowest BCUT2D eigenvalue weighted by molar-refractivity contribution is 0.586. The predicted molar refractivity (Wildman–Crippen MR) is 124 cm³/mol. The molecule has 0 atom stereocenters. The smallest absolute Gasteiger partial charge is 0.230 e. The van der Waals surface area contributed by atoms with Crippen LogP contribution in [0, 0.1) is 5.82 Å². The summed E-state index contributed by atoms with van der Waals surface area (Å²) in [4.78, 5) is 8.76. The molecule has 0 amide bonds. The van der Waals surface area contributed by atoms with Crippen LogP contribution in [0.3, 0.4) is 0 Å². The number of benzene rings is 2. The van der Waals surface area contributed by atoms with Crippen molar-refractivity contribution in [1.29, 1.82) is 0 Å². The molecule has 0 aliphatic rings. The van der Waals surface area contributed by atoms with E-state index >= 15 is 0 Å². The van der Waals surface area contributed by atoms with Crippen LogP contribution < -0.4 is 0 Å². The van der Waals surface area contributed by atoms with Crippen LogP contribution in [0.1, 0.15) is 0 Å². The average Bonchev–Trinajstić information content (AvgIpc) is 3.43. The Balaban J connectivity index is 1.66. The van der Waals surface area contributed by atoms with Crippen molar-refractivity contribution in [3.63, 3.8) is 0 Å². The lowest BCUT2D eigenvalue weighted by Crippen LogP contribution is -2.11. The van der Waals surface area contributed by atoms with Crippen LogP contribution in [0.25, 0.3) is 44.9 Å². The maximum Gasteiger partial charge on any atom is 0.230 e. The largest absolute Gasteiger partial charge is 0.438 e. The first-order valence-electron chi connectivity index (χ1n) is 10.2. The van der Waals surface area contributed by atoms with E-state index in [2.05, 4.69) is 15.1 Å². The summed E-state index contributed by atoms with van der Waals surface area (Å²) in [6, 6.07) is 17.5. The molecule has 0 aliphatic heterocycles. The molecule has 7 nitrogen and oxygen atoms in total. The first-order valence-corrected chi connectivity index (χ1v) is 12.2. The highest BCUT2D eigenvalue weighted by Crippen LogP contribution is 2.36. The van der Waals surface area contributed by atoms with E-state index < -0.39 is 9.84 Å². The van der Waals surface area contributed by atoms with Crippen molar-refractivity contribution in [2.75, 3.05) is 12.0 Å². The van der Waals surface area contributed by atoms with E-state index in [0.29, 0.717) is 39.4 Å². The zero-order valence-electron chi connectivity index (χ0n) is 17.6. The highest BCUT2D eigenvalue weighted by Gasteiger charge is 2.20. The summed E-state index contributed by atoms with van der Waals surface area (Å²) in [5.74, 6) is 0.240. The number of halogens is 1. The third-order valence-corrected chi connectivity index (χ3v) is 6.14. The Morgan fingerprint density at radius 1 is 0.970 bits per heavy atom. The monoisotopic (exact) mass is 462 g/mol. The molecule has 0 fully saturated rings. The molecule has 0 unspecified atom stereocenters. The summed E-state index contributed by atoms with van der Waals surface area (Å²) >= 11 is 0. The van der Waals surface area contributed by atoms with Gasteiger partial charge in [0, 0.05) is 29.1 Å². The van der Waals surface area contributed by atoms with Gasteiger partial charge in [-0.05, 0) is 30.3 Å². The highest BCUT2D eigenvalue weighted by atomic mass is 32.2. The number of fused-ring (bicyclic) bond motifs is 1. The summed E-state index contributed by atoms with van der Waals surface area (Å²) in [6.45, 7) is 0.182. The van der Waals surface area contributed by atoms with Gasteiger partial charge in [0.25, 0.3) is 0 Å². The summed E-state index contributed by atoms with van der Waals surface area (Å²) in [7, 11) is -3.17. The van der Waals surface area contributed by atoms with Gasteiger partial charge in [0.2, 0.25) is 5.71 Å². The third kappa shape index (κ3) is 4.40. The highest BCUT2D eigenvalue weighted by molar-refractivity contribution is 7.90. The zero-order chi connectivity index (χ0) is 23.0. The summed E-state index contributed by atoms with van der Waals surface area (Å²) in [5, 5.41) is 5.30. The molecule has 2 aromatic carbocycles. The second kappa shape index (κ2) is 8.25. The Bertz CT molecular complexity index is 1540. The minimum Gasteiger partial charge on any atom is -0.438 e. The number of aryl methyl sites for hydroxylation is 1. The quantitative estimate of drug-likeness (QED) is 0.366. The van der Waals surface area contributed by atoms with Gasteiger partial charge < -0.3 is 4.42 Å². The number of hydrogen-bond donors (Lipinski definition) is 0. The van der Waals surface area contributed by atoms with Crippen LogP contribution in [-0.2, 0) is 16.4 Å². The van der Waals surface area contributed by atoms with E-state index in [1.54, 1.807) is 23.0 Å². The number of sulfone groups is 1. The Morgan fingerprint density at radius 3 is 2.45 bits per heavy atom. The molecule has 0 saturated heterocycles. The molecular weight excluding hydrogens is 443 g/mol. The number of rotatable bonds is 6. The number of aromatic nitrogens is 4. The normalized spacial score (nSPS) is 11.8. The molecule has 166 valence electrons. The van der Waals surface area contributed by atoms with E-state index in [1.165, 1.54) is 24.7 Å². The predicted octanol–water partition coefficient (Wildman–Crippen LogP) is 4.60. The first-order chi connectivity index (χ1) is 15.9. The second-order valence-corrected chi connectivity index (χ2v) is 9.97. The van der Waals surface area contributed by atoms with Gasteiger partial charge in [-0.2, -0.15) is 5.10 Å². The number of nitrogens with zero attached hydrogens (tertiary/aromatic N) is 4. The SMILES string of the molecule is CS(=O)(=O)CCn1cc(-c2ncnc3oc(-c4ccccc4)cc23)c(-c2ccc(F)cc2)n1. The van der Waals surface area contributed by atoms with Crippen molar-refractivity contribution in [3.05, 3.63) is 79.0 Å². The standard InChI is InChI=1S/C24H19FN4O3S/c1-33(30,31)12-11-29-14-20(22(28-29)17-7-9-18(25)10-8-17)23-19-13-21(16-5-3-2-4-6-16)32-24(19)27-15-26-23/h2-10,13-15H,11-12H2,1H3. The molecule has 0 radical (unpaired) electrons. The van der Waals surface area contributed by atoms with Gasteiger partial charge in [-0.15, -0.1) is 0 Å². The molecule has 9 heteroatoms. The Hall–Kier alpha value is -3.85. The Labute approximate surface area is 189 Å². The van der Waals surface area contributed by atoms with Gasteiger partial charge in [0.1, 0.15) is 33.4 Å². The summed E-state index contributed by atoms with van der Waals surface area (Å²) in [5.41, 5.74) is 3.84. The molecular formula is C24H19FN4O3S. The molecule has 3 aromatic heterocycles. The molecule has 0 N–H and O–H groups in total. The fraction of sp³-hybridized carbons (Fsp3) is 0.125. The molecule has 33 heavy (non-hydrogen) atoms. The van der Waals surface area contributed by atoms with E-state index in [4.69, 9.17) is 4.42 Å². The fourth-order valence-corrected chi connectivity index (χ4v) is 4.12. The van der Waals surface area contributed by atoms with Crippen LogP contribution in [0.5, 0.6) is 0 Å². The molecule has 5 aromatic rings. The Kier molecular flexibility index (Phi) is 5.26. The van der Waals surface area contributed by atoms with Crippen molar-refractivity contribution < 1.29 is 17.2 Å². The van der Waals surface area contributed by atoms with Crippen molar-refractivity contribution in [1.82, 2.24) is 19.7 Å². The summed E-state index contributed by atoms with van der Waals surface area (Å²) in [6.07, 6.45) is 4.35. The summed E-state index contributed by atoms with van der Waals surface area (Å²) < 4.78 is 44.4. The lowest BCUT2D eigenvalue weighted by Gasteiger charge is -2.03. The topological polar surface area (TPSA) is 90.9 Å². The van der Waals surface area contributed by atoms with Crippen LogP contribution in [0.15, 0.2) is 77.6 Å². The van der Waals surface area contributed by atoms with Crippen molar-refractivity contribution >= 4 is 20.9 Å². The van der Waals surface area contributed by atoms with Crippen molar-refractivity contribution in [2.24, 2.45) is 0 Å². The van der Waals surface area contributed by atoms with E-state index in [1.807, 2.05) is 36.4 Å². The molecule has 3 heterocycles. The van der Waals surface area contributed by atoms with Gasteiger partial charge in [-0.1, -0.05) is 30.3 Å². The van der Waals surface area contributed by atoms with Gasteiger partial charge >= 0.3 is 0 Å². The van der Waals surface area contributed by atoms with Crippen LogP contribution in [0.4, 0.5) is 4.39 Å². The van der Waals surface area contributed by atoms with Crippen molar-refractivity contribution in [2.45, 2.75) is 6.54 Å². The van der Waals surface area contributed by atoms with E-state index in [9.17, 15) is 12.8 Å². The molecule has 0 bridgehead atoms. The average molecular weight is 463 g/mol. The minimum atomic E-state index is -3.17.